The maximum absolute atomic E-state index is 12.8. The van der Waals surface area contributed by atoms with Crippen LogP contribution in [0.5, 0.6) is 0 Å². The molecule has 2 rings (SSSR count). The Hall–Kier alpha value is -1.79. The fourth-order valence-corrected chi connectivity index (χ4v) is 2.44. The van der Waals surface area contributed by atoms with E-state index in [2.05, 4.69) is 15.0 Å². The van der Waals surface area contributed by atoms with E-state index >= 15 is 0 Å². The third-order valence-electron chi connectivity index (χ3n) is 3.42. The van der Waals surface area contributed by atoms with Crippen LogP contribution in [0.25, 0.3) is 0 Å². The van der Waals surface area contributed by atoms with Gasteiger partial charge in [-0.25, -0.2) is 4.98 Å². The number of nitrogens with zero attached hydrogens (tertiary/aromatic N) is 1. The number of aromatic nitrogens is 1. The summed E-state index contributed by atoms with van der Waals surface area (Å²) in [5.74, 6) is -0.752. The highest BCUT2D eigenvalue weighted by Gasteiger charge is 2.36. The summed E-state index contributed by atoms with van der Waals surface area (Å²) in [5, 5.41) is 2.79. The van der Waals surface area contributed by atoms with Gasteiger partial charge in [-0.05, 0) is 31.4 Å². The van der Waals surface area contributed by atoms with Crippen LogP contribution < -0.4 is 5.32 Å². The number of rotatable bonds is 3. The van der Waals surface area contributed by atoms with Crippen molar-refractivity contribution < 1.29 is 22.7 Å². The molecule has 0 amide bonds. The fourth-order valence-electron chi connectivity index (χ4n) is 2.44. The Kier molecular flexibility index (Phi) is 4.15. The summed E-state index contributed by atoms with van der Waals surface area (Å²) >= 11 is 0. The molecule has 7 heteroatoms. The van der Waals surface area contributed by atoms with Crippen LogP contribution in [0.4, 0.5) is 19.0 Å². The zero-order valence-corrected chi connectivity index (χ0v) is 10.9. The van der Waals surface area contributed by atoms with Crippen LogP contribution in [0.3, 0.4) is 0 Å². The fraction of sp³-hybridized carbons (Fsp3) is 0.538. The molecule has 4 nitrogen and oxygen atoms in total. The number of ether oxygens (including phenoxy) is 1. The highest BCUT2D eigenvalue weighted by atomic mass is 19.4. The number of pyridine rings is 1. The molecule has 1 fully saturated rings. The second-order valence-electron chi connectivity index (χ2n) is 4.77. The van der Waals surface area contributed by atoms with Crippen molar-refractivity contribution in [1.82, 2.24) is 4.98 Å². The number of carbonyl (C=O) groups is 1. The van der Waals surface area contributed by atoms with E-state index in [0.717, 1.165) is 6.07 Å². The lowest BCUT2D eigenvalue weighted by Crippen LogP contribution is -2.21. The van der Waals surface area contributed by atoms with Crippen LogP contribution in [-0.4, -0.2) is 24.1 Å². The monoisotopic (exact) mass is 288 g/mol. The molecule has 1 aliphatic carbocycles. The Labute approximate surface area is 114 Å². The van der Waals surface area contributed by atoms with Crippen molar-refractivity contribution >= 4 is 11.8 Å². The molecule has 1 N–H and O–H groups in total. The van der Waals surface area contributed by atoms with Crippen molar-refractivity contribution in [3.05, 3.63) is 23.9 Å². The normalized spacial score (nSPS) is 22.6. The van der Waals surface area contributed by atoms with E-state index in [4.69, 9.17) is 0 Å². The van der Waals surface area contributed by atoms with Gasteiger partial charge in [-0.15, -0.1) is 0 Å². The standard InChI is InChI=1S/C13H15F3N2O2/c1-20-12(19)8-4-5-9(7-8)18-11-10(13(14,15)16)3-2-6-17-11/h2-3,6,8-9H,4-5,7H2,1H3,(H,17,18)/t8-,9+/m0/s1. The summed E-state index contributed by atoms with van der Waals surface area (Å²) in [6.07, 6.45) is -1.45. The Morgan fingerprint density at radius 2 is 2.20 bits per heavy atom. The van der Waals surface area contributed by atoms with E-state index in [1.807, 2.05) is 0 Å². The number of alkyl halides is 3. The van der Waals surface area contributed by atoms with Crippen molar-refractivity contribution in [3.8, 4) is 0 Å². The van der Waals surface area contributed by atoms with Crippen LogP contribution in [-0.2, 0) is 15.7 Å². The average molecular weight is 288 g/mol. The summed E-state index contributed by atoms with van der Waals surface area (Å²) in [7, 11) is 1.31. The quantitative estimate of drug-likeness (QED) is 0.869. The van der Waals surface area contributed by atoms with Gasteiger partial charge in [-0.2, -0.15) is 13.2 Å². The van der Waals surface area contributed by atoms with Crippen molar-refractivity contribution in [2.24, 2.45) is 5.92 Å². The molecule has 0 bridgehead atoms. The molecule has 2 atom stereocenters. The lowest BCUT2D eigenvalue weighted by atomic mass is 10.1. The summed E-state index contributed by atoms with van der Waals surface area (Å²) in [6.45, 7) is 0. The van der Waals surface area contributed by atoms with Crippen LogP contribution in [0.15, 0.2) is 18.3 Å². The topological polar surface area (TPSA) is 51.2 Å². The van der Waals surface area contributed by atoms with Crippen molar-refractivity contribution in [2.75, 3.05) is 12.4 Å². The number of esters is 1. The average Bonchev–Trinajstić information content (AvgIpc) is 2.86. The van der Waals surface area contributed by atoms with E-state index in [0.29, 0.717) is 19.3 Å². The minimum atomic E-state index is -4.45. The summed E-state index contributed by atoms with van der Waals surface area (Å²) in [6, 6.07) is 2.04. The number of carbonyl (C=O) groups excluding carboxylic acids is 1. The molecule has 20 heavy (non-hydrogen) atoms. The highest BCUT2D eigenvalue weighted by molar-refractivity contribution is 5.72. The number of nitrogens with one attached hydrogen (secondary N) is 1. The Morgan fingerprint density at radius 3 is 2.85 bits per heavy atom. The Balaban J connectivity index is 2.07. The van der Waals surface area contributed by atoms with E-state index in [1.165, 1.54) is 19.4 Å². The molecule has 0 spiro atoms. The van der Waals surface area contributed by atoms with E-state index < -0.39 is 11.7 Å². The van der Waals surface area contributed by atoms with Gasteiger partial charge in [-0.1, -0.05) is 0 Å². The molecule has 0 unspecified atom stereocenters. The second-order valence-corrected chi connectivity index (χ2v) is 4.77. The molecule has 1 aromatic rings. The van der Waals surface area contributed by atoms with Gasteiger partial charge in [0, 0.05) is 12.2 Å². The van der Waals surface area contributed by atoms with E-state index in [1.54, 1.807) is 0 Å². The van der Waals surface area contributed by atoms with Gasteiger partial charge in [0.15, 0.2) is 0 Å². The van der Waals surface area contributed by atoms with Gasteiger partial charge >= 0.3 is 12.1 Å². The molecular weight excluding hydrogens is 273 g/mol. The molecule has 0 radical (unpaired) electrons. The largest absolute Gasteiger partial charge is 0.469 e. The number of methoxy groups -OCH3 is 1. The lowest BCUT2D eigenvalue weighted by Gasteiger charge is -2.17. The van der Waals surface area contributed by atoms with Gasteiger partial charge in [0.25, 0.3) is 0 Å². The maximum atomic E-state index is 12.8. The maximum Gasteiger partial charge on any atom is 0.419 e. The first-order valence-corrected chi connectivity index (χ1v) is 6.28. The molecule has 1 aliphatic rings. The lowest BCUT2D eigenvalue weighted by molar-refractivity contribution is -0.145. The van der Waals surface area contributed by atoms with Crippen molar-refractivity contribution in [1.29, 1.82) is 0 Å². The SMILES string of the molecule is COC(=O)[C@H]1CC[C@@H](Nc2ncccc2C(F)(F)F)C1. The predicted octanol–water partition coefficient (Wildman–Crippen LogP) is 2.85. The first-order valence-electron chi connectivity index (χ1n) is 6.28. The molecule has 0 aliphatic heterocycles. The molecule has 1 aromatic heterocycles. The zero-order chi connectivity index (χ0) is 14.8. The zero-order valence-electron chi connectivity index (χ0n) is 10.9. The van der Waals surface area contributed by atoms with Gasteiger partial charge in [-0.3, -0.25) is 4.79 Å². The van der Waals surface area contributed by atoms with Gasteiger partial charge in [0.05, 0.1) is 18.6 Å². The number of halogens is 3. The van der Waals surface area contributed by atoms with Gasteiger partial charge in [0.1, 0.15) is 5.82 Å². The minimum Gasteiger partial charge on any atom is -0.469 e. The first kappa shape index (κ1) is 14.6. The third-order valence-corrected chi connectivity index (χ3v) is 3.42. The summed E-state index contributed by atoms with van der Waals surface area (Å²) in [5.41, 5.74) is -0.790. The highest BCUT2D eigenvalue weighted by Crippen LogP contribution is 2.35. The molecular formula is C13H15F3N2O2. The molecule has 1 heterocycles. The Bertz CT molecular complexity index is 491. The van der Waals surface area contributed by atoms with E-state index in [-0.39, 0.29) is 23.7 Å². The van der Waals surface area contributed by atoms with E-state index in [9.17, 15) is 18.0 Å². The first-order chi connectivity index (χ1) is 9.41. The number of hydrogen-bond acceptors (Lipinski definition) is 4. The van der Waals surface area contributed by atoms with Crippen LogP contribution >= 0.6 is 0 Å². The van der Waals surface area contributed by atoms with Crippen LogP contribution in [0.1, 0.15) is 24.8 Å². The molecule has 110 valence electrons. The Morgan fingerprint density at radius 1 is 1.45 bits per heavy atom. The van der Waals surface area contributed by atoms with Gasteiger partial charge in [0.2, 0.25) is 0 Å². The predicted molar refractivity (Wildman–Crippen MR) is 66.0 cm³/mol. The second kappa shape index (κ2) is 5.68. The molecule has 0 aromatic carbocycles. The van der Waals surface area contributed by atoms with Crippen molar-refractivity contribution in [2.45, 2.75) is 31.5 Å². The summed E-state index contributed by atoms with van der Waals surface area (Å²) < 4.78 is 43.1. The van der Waals surface area contributed by atoms with Crippen molar-refractivity contribution in [3.63, 3.8) is 0 Å². The van der Waals surface area contributed by atoms with Gasteiger partial charge < -0.3 is 10.1 Å². The summed E-state index contributed by atoms with van der Waals surface area (Å²) in [4.78, 5) is 15.1. The minimum absolute atomic E-state index is 0.185. The number of hydrogen-bond donors (Lipinski definition) is 1. The smallest absolute Gasteiger partial charge is 0.419 e. The third kappa shape index (κ3) is 3.20. The number of anilines is 1. The molecule has 1 saturated carbocycles. The van der Waals surface area contributed by atoms with Crippen LogP contribution in [0.2, 0.25) is 0 Å². The van der Waals surface area contributed by atoms with Crippen LogP contribution in [0, 0.1) is 5.92 Å². The molecule has 0 saturated heterocycles.